The van der Waals surface area contributed by atoms with E-state index in [2.05, 4.69) is 31.8 Å². The van der Waals surface area contributed by atoms with Crippen molar-refractivity contribution in [3.05, 3.63) is 29.6 Å². The molecule has 0 aromatic carbocycles. The van der Waals surface area contributed by atoms with Crippen LogP contribution in [0.15, 0.2) is 18.3 Å². The summed E-state index contributed by atoms with van der Waals surface area (Å²) in [6.45, 7) is 8.08. The van der Waals surface area contributed by atoms with Gasteiger partial charge in [0.15, 0.2) is 0 Å². The molecule has 0 saturated carbocycles. The number of ether oxygens (including phenoxy) is 1. The highest BCUT2D eigenvalue weighted by Gasteiger charge is 2.18. The number of aromatic nitrogens is 1. The van der Waals surface area contributed by atoms with Crippen LogP contribution >= 0.6 is 0 Å². The molecule has 1 unspecified atom stereocenters. The van der Waals surface area contributed by atoms with E-state index in [0.29, 0.717) is 5.92 Å². The smallest absolute Gasteiger partial charge is 0.0550 e. The number of nitrogens with zero attached hydrogens (tertiary/aromatic N) is 1. The van der Waals surface area contributed by atoms with Crippen LogP contribution in [0.1, 0.15) is 43.9 Å². The largest absolute Gasteiger partial charge is 0.381 e. The molecule has 0 aliphatic carbocycles. The Labute approximate surface area is 92.7 Å². The molecule has 1 fully saturated rings. The van der Waals surface area contributed by atoms with Crippen molar-refractivity contribution in [3.8, 4) is 0 Å². The van der Waals surface area contributed by atoms with Gasteiger partial charge in [0, 0.05) is 24.4 Å². The monoisotopic (exact) mass is 207 g/mol. The lowest BCUT2D eigenvalue weighted by atomic mass is 10.0. The number of aryl methyl sites for hydroxylation is 1. The van der Waals surface area contributed by atoms with Crippen LogP contribution in [-0.2, 0) is 4.74 Å². The molecule has 15 heavy (non-hydrogen) atoms. The molecule has 2 nitrogen and oxygen atoms in total. The summed E-state index contributed by atoms with van der Waals surface area (Å²) in [5, 5.41) is 0. The third-order valence-corrected chi connectivity index (χ3v) is 2.28. The summed E-state index contributed by atoms with van der Waals surface area (Å²) in [5.41, 5.74) is 2.47. The number of hydrogen-bond acceptors (Lipinski definition) is 2. The van der Waals surface area contributed by atoms with Crippen molar-refractivity contribution in [2.45, 2.75) is 39.5 Å². The Morgan fingerprint density at radius 1 is 1.47 bits per heavy atom. The first-order valence-corrected chi connectivity index (χ1v) is 5.78. The van der Waals surface area contributed by atoms with Gasteiger partial charge in [0.2, 0.25) is 0 Å². The maximum Gasteiger partial charge on any atom is 0.0550 e. The van der Waals surface area contributed by atoms with Crippen LogP contribution in [-0.4, -0.2) is 18.2 Å². The van der Waals surface area contributed by atoms with Crippen molar-refractivity contribution in [1.29, 1.82) is 0 Å². The zero-order valence-corrected chi connectivity index (χ0v) is 9.99. The summed E-state index contributed by atoms with van der Waals surface area (Å²) in [6.07, 6.45) is 4.25. The Morgan fingerprint density at radius 2 is 2.20 bits per heavy atom. The van der Waals surface area contributed by atoms with Gasteiger partial charge >= 0.3 is 0 Å². The Bertz CT molecular complexity index is 280. The average Bonchev–Trinajstić information content (AvgIpc) is 2.71. The van der Waals surface area contributed by atoms with Crippen molar-refractivity contribution in [3.63, 3.8) is 0 Å². The van der Waals surface area contributed by atoms with Crippen LogP contribution in [0, 0.1) is 6.92 Å². The molecule has 1 aliphatic heterocycles. The molecule has 2 heterocycles. The van der Waals surface area contributed by atoms with E-state index in [1.165, 1.54) is 17.7 Å². The quantitative estimate of drug-likeness (QED) is 0.705. The molecule has 84 valence electrons. The first kappa shape index (κ1) is 12.2. The molecule has 0 N–H and O–H groups in total. The van der Waals surface area contributed by atoms with Gasteiger partial charge < -0.3 is 4.74 Å². The molecule has 0 spiro atoms. The van der Waals surface area contributed by atoms with E-state index >= 15 is 0 Å². The van der Waals surface area contributed by atoms with Crippen LogP contribution < -0.4 is 0 Å². The summed E-state index contributed by atoms with van der Waals surface area (Å²) in [6, 6.07) is 4.18. The van der Waals surface area contributed by atoms with Gasteiger partial charge in [0.05, 0.1) is 6.61 Å². The summed E-state index contributed by atoms with van der Waals surface area (Å²) in [7, 11) is 0. The van der Waals surface area contributed by atoms with Crippen molar-refractivity contribution in [2.75, 3.05) is 13.2 Å². The highest BCUT2D eigenvalue weighted by atomic mass is 16.5. The van der Waals surface area contributed by atoms with Crippen molar-refractivity contribution >= 4 is 0 Å². The molecule has 1 aromatic rings. The Morgan fingerprint density at radius 3 is 2.73 bits per heavy atom. The minimum Gasteiger partial charge on any atom is -0.381 e. The Kier molecular flexibility index (Phi) is 5.33. The van der Waals surface area contributed by atoms with Gasteiger partial charge in [-0.25, -0.2) is 0 Å². The topological polar surface area (TPSA) is 22.1 Å². The van der Waals surface area contributed by atoms with Crippen molar-refractivity contribution in [2.24, 2.45) is 0 Å². The molecular weight excluding hydrogens is 186 g/mol. The summed E-state index contributed by atoms with van der Waals surface area (Å²) in [5.74, 6) is 0.532. The number of pyridine rings is 1. The zero-order valence-electron chi connectivity index (χ0n) is 9.99. The second-order valence-electron chi connectivity index (χ2n) is 4.03. The molecule has 0 radical (unpaired) electrons. The van der Waals surface area contributed by atoms with Crippen LogP contribution in [0.4, 0.5) is 0 Å². The van der Waals surface area contributed by atoms with Gasteiger partial charge in [-0.2, -0.15) is 0 Å². The van der Waals surface area contributed by atoms with E-state index < -0.39 is 0 Å². The lowest BCUT2D eigenvalue weighted by Crippen LogP contribution is -2.00. The number of rotatable bonds is 1. The van der Waals surface area contributed by atoms with Gasteiger partial charge in [0.25, 0.3) is 0 Å². The van der Waals surface area contributed by atoms with E-state index in [4.69, 9.17) is 4.74 Å². The van der Waals surface area contributed by atoms with E-state index in [1.54, 1.807) is 0 Å². The SMILES string of the molecule is CCC.Cc1ccnc(C2CCOC2)c1. The molecule has 1 saturated heterocycles. The zero-order chi connectivity index (χ0) is 11.1. The third kappa shape index (κ3) is 4.00. The van der Waals surface area contributed by atoms with Crippen molar-refractivity contribution < 1.29 is 4.74 Å². The van der Waals surface area contributed by atoms with E-state index in [0.717, 1.165) is 19.6 Å². The molecule has 1 atom stereocenters. The second kappa shape index (κ2) is 6.57. The molecule has 1 aromatic heterocycles. The standard InChI is InChI=1S/C10H13NO.C3H8/c1-8-2-4-11-10(6-8)9-3-5-12-7-9;1-3-2/h2,4,6,9H,3,5,7H2,1H3;3H2,1-2H3. The summed E-state index contributed by atoms with van der Waals surface area (Å²) >= 11 is 0. The lowest BCUT2D eigenvalue weighted by molar-refractivity contribution is 0.193. The highest BCUT2D eigenvalue weighted by Crippen LogP contribution is 2.23. The predicted octanol–water partition coefficient (Wildman–Crippen LogP) is 3.31. The second-order valence-corrected chi connectivity index (χ2v) is 4.03. The fourth-order valence-electron chi connectivity index (χ4n) is 1.55. The first-order valence-electron chi connectivity index (χ1n) is 5.78. The van der Waals surface area contributed by atoms with Crippen LogP contribution in [0.2, 0.25) is 0 Å². The van der Waals surface area contributed by atoms with E-state index in [9.17, 15) is 0 Å². The molecule has 0 bridgehead atoms. The van der Waals surface area contributed by atoms with Gasteiger partial charge in [0.1, 0.15) is 0 Å². The minimum absolute atomic E-state index is 0.532. The lowest BCUT2D eigenvalue weighted by Gasteiger charge is -2.06. The minimum atomic E-state index is 0.532. The Balaban J connectivity index is 0.000000337. The van der Waals surface area contributed by atoms with E-state index in [1.807, 2.05) is 12.3 Å². The molecular formula is C13H21NO. The van der Waals surface area contributed by atoms with Crippen LogP contribution in [0.25, 0.3) is 0 Å². The van der Waals surface area contributed by atoms with Gasteiger partial charge in [-0.1, -0.05) is 20.3 Å². The average molecular weight is 207 g/mol. The summed E-state index contributed by atoms with van der Waals surface area (Å²) in [4.78, 5) is 4.34. The van der Waals surface area contributed by atoms with Gasteiger partial charge in [-0.15, -0.1) is 0 Å². The van der Waals surface area contributed by atoms with Gasteiger partial charge in [-0.05, 0) is 31.0 Å². The molecule has 0 amide bonds. The van der Waals surface area contributed by atoms with E-state index in [-0.39, 0.29) is 0 Å². The van der Waals surface area contributed by atoms with Crippen molar-refractivity contribution in [1.82, 2.24) is 4.98 Å². The molecule has 2 heteroatoms. The Hall–Kier alpha value is -0.890. The highest BCUT2D eigenvalue weighted by molar-refractivity contribution is 5.18. The maximum absolute atomic E-state index is 5.31. The van der Waals surface area contributed by atoms with Gasteiger partial charge in [-0.3, -0.25) is 4.98 Å². The fourth-order valence-corrected chi connectivity index (χ4v) is 1.55. The fraction of sp³-hybridized carbons (Fsp3) is 0.615. The van der Waals surface area contributed by atoms with Crippen LogP contribution in [0.5, 0.6) is 0 Å². The summed E-state index contributed by atoms with van der Waals surface area (Å²) < 4.78 is 5.31. The normalized spacial score (nSPS) is 19.5. The number of hydrogen-bond donors (Lipinski definition) is 0. The first-order chi connectivity index (χ1) is 7.27. The molecule has 1 aliphatic rings. The van der Waals surface area contributed by atoms with Crippen LogP contribution in [0.3, 0.4) is 0 Å². The maximum atomic E-state index is 5.31. The molecule has 2 rings (SSSR count). The predicted molar refractivity (Wildman–Crippen MR) is 63.1 cm³/mol. The third-order valence-electron chi connectivity index (χ3n) is 2.28.